The zero-order valence-electron chi connectivity index (χ0n) is 18.8. The highest BCUT2D eigenvalue weighted by Crippen LogP contribution is 2.31. The summed E-state index contributed by atoms with van der Waals surface area (Å²) in [5.74, 6) is 0. The summed E-state index contributed by atoms with van der Waals surface area (Å²) in [5, 5.41) is 1.55. The van der Waals surface area contributed by atoms with E-state index in [1.807, 2.05) is 24.3 Å². The summed E-state index contributed by atoms with van der Waals surface area (Å²) in [5.41, 5.74) is 1.59. The molecule has 0 bridgehead atoms. The van der Waals surface area contributed by atoms with E-state index in [1.165, 1.54) is 34.6 Å². The summed E-state index contributed by atoms with van der Waals surface area (Å²) in [6.07, 6.45) is 4.94. The lowest BCUT2D eigenvalue weighted by Crippen LogP contribution is -2.38. The monoisotopic (exact) mass is 498 g/mol. The second-order valence-corrected chi connectivity index (χ2v) is 12.4. The fourth-order valence-electron chi connectivity index (χ4n) is 4.59. The van der Waals surface area contributed by atoms with Gasteiger partial charge in [-0.15, -0.1) is 0 Å². The van der Waals surface area contributed by atoms with Crippen molar-refractivity contribution in [3.63, 3.8) is 0 Å². The van der Waals surface area contributed by atoms with Crippen molar-refractivity contribution in [1.82, 2.24) is 4.31 Å². The number of hydrogen-bond acceptors (Lipinski definition) is 5. The number of nitrogens with zero attached hydrogens (tertiary/aromatic N) is 1. The van der Waals surface area contributed by atoms with Crippen LogP contribution in [-0.4, -0.2) is 34.2 Å². The van der Waals surface area contributed by atoms with Crippen molar-refractivity contribution in [3.8, 4) is 0 Å². The van der Waals surface area contributed by atoms with Gasteiger partial charge in [-0.1, -0.05) is 37.5 Å². The Hall–Kier alpha value is -2.88. The molecule has 1 aromatic heterocycles. The molecular weight excluding hydrogens is 472 g/mol. The first kappa shape index (κ1) is 22.9. The summed E-state index contributed by atoms with van der Waals surface area (Å²) in [6, 6.07) is 18.0. The molecular formula is C25H26N2O5S2. The number of furan rings is 1. The normalized spacial score (nSPS) is 15.8. The average molecular weight is 499 g/mol. The minimum Gasteiger partial charge on any atom is -0.456 e. The smallest absolute Gasteiger partial charge is 0.261 e. The van der Waals surface area contributed by atoms with Gasteiger partial charge in [0.1, 0.15) is 11.2 Å². The number of fused-ring (bicyclic) bond motifs is 3. The van der Waals surface area contributed by atoms with Gasteiger partial charge in [0.15, 0.2) is 0 Å². The van der Waals surface area contributed by atoms with Crippen LogP contribution in [0.4, 0.5) is 5.69 Å². The maximum Gasteiger partial charge on any atom is 0.261 e. The van der Waals surface area contributed by atoms with Gasteiger partial charge in [-0.2, -0.15) is 4.31 Å². The zero-order valence-corrected chi connectivity index (χ0v) is 20.4. The van der Waals surface area contributed by atoms with Crippen LogP contribution in [0.5, 0.6) is 0 Å². The van der Waals surface area contributed by atoms with E-state index in [0.717, 1.165) is 37.5 Å². The predicted molar refractivity (Wildman–Crippen MR) is 133 cm³/mol. The molecule has 34 heavy (non-hydrogen) atoms. The van der Waals surface area contributed by atoms with Crippen LogP contribution in [0.15, 0.2) is 80.9 Å². The van der Waals surface area contributed by atoms with Crippen molar-refractivity contribution >= 4 is 47.7 Å². The van der Waals surface area contributed by atoms with E-state index >= 15 is 0 Å². The van der Waals surface area contributed by atoms with Gasteiger partial charge in [-0.05, 0) is 61.4 Å². The van der Waals surface area contributed by atoms with Crippen LogP contribution in [-0.2, 0) is 20.0 Å². The molecule has 0 spiro atoms. The molecule has 178 valence electrons. The van der Waals surface area contributed by atoms with Gasteiger partial charge in [0.05, 0.1) is 9.79 Å². The Balaban J connectivity index is 1.38. The Morgan fingerprint density at radius 1 is 0.794 bits per heavy atom. The van der Waals surface area contributed by atoms with Crippen LogP contribution in [0.25, 0.3) is 21.9 Å². The van der Waals surface area contributed by atoms with E-state index in [2.05, 4.69) is 4.72 Å². The summed E-state index contributed by atoms with van der Waals surface area (Å²) < 4.78 is 61.9. The fraction of sp³-hybridized carbons (Fsp3) is 0.280. The third-order valence-corrected chi connectivity index (χ3v) is 9.83. The highest BCUT2D eigenvalue weighted by Gasteiger charge is 2.29. The van der Waals surface area contributed by atoms with E-state index in [-0.39, 0.29) is 21.5 Å². The Labute approximate surface area is 199 Å². The Kier molecular flexibility index (Phi) is 5.87. The molecule has 0 saturated heterocycles. The van der Waals surface area contributed by atoms with E-state index in [1.54, 1.807) is 19.2 Å². The SMILES string of the molecule is CN(C1CCCCC1)S(=O)(=O)c1ccc(NS(=O)(=O)c2ccc3oc4ccccc4c3c2)cc1. The van der Waals surface area contributed by atoms with Gasteiger partial charge in [0.2, 0.25) is 10.0 Å². The summed E-state index contributed by atoms with van der Waals surface area (Å²) in [4.78, 5) is 0.245. The van der Waals surface area contributed by atoms with E-state index < -0.39 is 20.0 Å². The van der Waals surface area contributed by atoms with Crippen molar-refractivity contribution in [1.29, 1.82) is 0 Å². The van der Waals surface area contributed by atoms with E-state index in [4.69, 9.17) is 4.42 Å². The van der Waals surface area contributed by atoms with Gasteiger partial charge in [0.25, 0.3) is 10.0 Å². The third kappa shape index (κ3) is 4.19. The highest BCUT2D eigenvalue weighted by atomic mass is 32.2. The van der Waals surface area contributed by atoms with Gasteiger partial charge in [-0.25, -0.2) is 16.8 Å². The first-order chi connectivity index (χ1) is 16.3. The highest BCUT2D eigenvalue weighted by molar-refractivity contribution is 7.92. The second kappa shape index (κ2) is 8.72. The van der Waals surface area contributed by atoms with Gasteiger partial charge in [0, 0.05) is 29.5 Å². The minimum atomic E-state index is -3.88. The molecule has 1 aliphatic rings. The lowest BCUT2D eigenvalue weighted by molar-refractivity contribution is 0.286. The van der Waals surface area contributed by atoms with E-state index in [9.17, 15) is 16.8 Å². The molecule has 9 heteroatoms. The first-order valence-electron chi connectivity index (χ1n) is 11.3. The average Bonchev–Trinajstić information content (AvgIpc) is 3.22. The van der Waals surface area contributed by atoms with E-state index in [0.29, 0.717) is 16.6 Å². The van der Waals surface area contributed by atoms with Crippen LogP contribution in [0, 0.1) is 0 Å². The fourth-order valence-corrected chi connectivity index (χ4v) is 7.09. The molecule has 0 atom stereocenters. The number of nitrogens with one attached hydrogen (secondary N) is 1. The maximum absolute atomic E-state index is 13.0. The van der Waals surface area contributed by atoms with Crippen LogP contribution in [0.2, 0.25) is 0 Å². The van der Waals surface area contributed by atoms with Crippen molar-refractivity contribution in [2.24, 2.45) is 0 Å². The molecule has 1 fully saturated rings. The molecule has 7 nitrogen and oxygen atoms in total. The molecule has 0 unspecified atom stereocenters. The number of hydrogen-bond donors (Lipinski definition) is 1. The van der Waals surface area contributed by atoms with Crippen molar-refractivity contribution in [2.75, 3.05) is 11.8 Å². The third-order valence-electron chi connectivity index (χ3n) is 6.53. The zero-order chi connectivity index (χ0) is 23.9. The molecule has 1 saturated carbocycles. The van der Waals surface area contributed by atoms with Crippen LogP contribution >= 0.6 is 0 Å². The molecule has 4 aromatic rings. The van der Waals surface area contributed by atoms with Gasteiger partial charge >= 0.3 is 0 Å². The van der Waals surface area contributed by atoms with Gasteiger partial charge < -0.3 is 4.42 Å². The topological polar surface area (TPSA) is 96.7 Å². The maximum atomic E-state index is 13.0. The number of para-hydroxylation sites is 1. The molecule has 1 N–H and O–H groups in total. The van der Waals surface area contributed by atoms with Crippen molar-refractivity contribution in [3.05, 3.63) is 66.7 Å². The van der Waals surface area contributed by atoms with Crippen LogP contribution in [0.3, 0.4) is 0 Å². The largest absolute Gasteiger partial charge is 0.456 e. The van der Waals surface area contributed by atoms with Crippen LogP contribution < -0.4 is 4.72 Å². The number of sulfonamides is 2. The Morgan fingerprint density at radius 3 is 2.18 bits per heavy atom. The lowest BCUT2D eigenvalue weighted by atomic mass is 9.96. The molecule has 0 radical (unpaired) electrons. The van der Waals surface area contributed by atoms with Crippen molar-refractivity contribution < 1.29 is 21.3 Å². The summed E-state index contributed by atoms with van der Waals surface area (Å²) in [6.45, 7) is 0. The minimum absolute atomic E-state index is 0.00542. The predicted octanol–water partition coefficient (Wildman–Crippen LogP) is 5.34. The number of anilines is 1. The Morgan fingerprint density at radius 2 is 1.44 bits per heavy atom. The molecule has 5 rings (SSSR count). The standard InChI is InChI=1S/C25H26N2O5S2/c1-27(19-7-3-2-4-8-19)34(30,31)20-13-11-18(12-14-20)26-33(28,29)21-15-16-25-23(17-21)22-9-5-6-10-24(22)32-25/h5-6,9-17,19,26H,2-4,7-8H2,1H3. The molecule has 1 aliphatic carbocycles. The molecule has 3 aromatic carbocycles. The number of benzene rings is 3. The van der Waals surface area contributed by atoms with Crippen LogP contribution in [0.1, 0.15) is 32.1 Å². The molecule has 0 aliphatic heterocycles. The summed E-state index contributed by atoms with van der Waals surface area (Å²) in [7, 11) is -5.91. The second-order valence-electron chi connectivity index (χ2n) is 8.70. The van der Waals surface area contributed by atoms with Crippen molar-refractivity contribution in [2.45, 2.75) is 47.9 Å². The molecule has 0 amide bonds. The number of rotatable bonds is 6. The quantitative estimate of drug-likeness (QED) is 0.387. The molecule has 1 heterocycles. The Bertz CT molecular complexity index is 1550. The lowest BCUT2D eigenvalue weighted by Gasteiger charge is -2.30. The van der Waals surface area contributed by atoms with Gasteiger partial charge in [-0.3, -0.25) is 4.72 Å². The summed E-state index contributed by atoms with van der Waals surface area (Å²) >= 11 is 0. The first-order valence-corrected chi connectivity index (χ1v) is 14.2.